The van der Waals surface area contributed by atoms with Gasteiger partial charge in [0, 0.05) is 28.9 Å². The van der Waals surface area contributed by atoms with Crippen molar-refractivity contribution in [1.29, 1.82) is 0 Å². The minimum absolute atomic E-state index is 0.0925. The van der Waals surface area contributed by atoms with Gasteiger partial charge < -0.3 is 5.11 Å². The van der Waals surface area contributed by atoms with E-state index in [1.54, 1.807) is 32.2 Å². The zero-order chi connectivity index (χ0) is 15.3. The molecule has 6 heteroatoms. The first kappa shape index (κ1) is 17.4. The summed E-state index contributed by atoms with van der Waals surface area (Å²) in [6.07, 6.45) is -0.736. The highest BCUT2D eigenvalue weighted by Gasteiger charge is 2.21. The third kappa shape index (κ3) is 5.05. The molecule has 0 aromatic heterocycles. The molecule has 0 radical (unpaired) electrons. The summed E-state index contributed by atoms with van der Waals surface area (Å²) in [7, 11) is -1.22. The second-order valence-electron chi connectivity index (χ2n) is 5.02. The molecule has 0 amide bonds. The minimum Gasteiger partial charge on any atom is -0.387 e. The molecule has 1 aromatic carbocycles. The Morgan fingerprint density at radius 2 is 1.95 bits per heavy atom. The van der Waals surface area contributed by atoms with Crippen LogP contribution in [0.5, 0.6) is 0 Å². The molecule has 1 rings (SSSR count). The summed E-state index contributed by atoms with van der Waals surface area (Å²) in [5.74, 6) is 0.230. The summed E-state index contributed by atoms with van der Waals surface area (Å²) in [6.45, 7) is 3.82. The molecule has 20 heavy (non-hydrogen) atoms. The van der Waals surface area contributed by atoms with Crippen molar-refractivity contribution in [2.75, 3.05) is 25.1 Å². The standard InChI is InChI=1S/C14H22ClNO3S/c1-4-20(18,19)10-11(2)16(3)9-14(17)12-7-5-6-8-13(12)15/h5-8,11,14,17H,4,9-10H2,1-3H3. The number of hydrogen-bond acceptors (Lipinski definition) is 4. The van der Waals surface area contributed by atoms with Crippen LogP contribution in [0, 0.1) is 0 Å². The maximum atomic E-state index is 11.6. The van der Waals surface area contributed by atoms with Crippen molar-refractivity contribution in [3.8, 4) is 0 Å². The summed E-state index contributed by atoms with van der Waals surface area (Å²) in [6, 6.07) is 6.96. The monoisotopic (exact) mass is 319 g/mol. The molecule has 0 saturated heterocycles. The van der Waals surface area contributed by atoms with Crippen molar-refractivity contribution in [3.63, 3.8) is 0 Å². The van der Waals surface area contributed by atoms with Gasteiger partial charge in [0.05, 0.1) is 11.9 Å². The van der Waals surface area contributed by atoms with Crippen LogP contribution >= 0.6 is 11.6 Å². The molecule has 1 aromatic rings. The zero-order valence-corrected chi connectivity index (χ0v) is 13.7. The van der Waals surface area contributed by atoms with E-state index in [-0.39, 0.29) is 17.5 Å². The fourth-order valence-corrected chi connectivity index (χ4v) is 3.40. The molecule has 0 fully saturated rings. The van der Waals surface area contributed by atoms with E-state index in [0.717, 1.165) is 0 Å². The Balaban J connectivity index is 2.66. The highest BCUT2D eigenvalue weighted by atomic mass is 35.5. The lowest BCUT2D eigenvalue weighted by Gasteiger charge is -2.27. The number of rotatable bonds is 7. The molecule has 0 heterocycles. The smallest absolute Gasteiger partial charge is 0.151 e. The fraction of sp³-hybridized carbons (Fsp3) is 0.571. The first-order chi connectivity index (χ1) is 9.26. The molecule has 0 aliphatic rings. The first-order valence-corrected chi connectivity index (χ1v) is 8.80. The van der Waals surface area contributed by atoms with Crippen LogP contribution in [0.2, 0.25) is 5.02 Å². The van der Waals surface area contributed by atoms with Gasteiger partial charge in [0.2, 0.25) is 0 Å². The summed E-state index contributed by atoms with van der Waals surface area (Å²) >= 11 is 6.04. The number of halogens is 1. The van der Waals surface area contributed by atoms with E-state index < -0.39 is 15.9 Å². The fourth-order valence-electron chi connectivity index (χ4n) is 1.91. The third-order valence-electron chi connectivity index (χ3n) is 3.41. The lowest BCUT2D eigenvalue weighted by atomic mass is 10.1. The number of aliphatic hydroxyl groups excluding tert-OH is 1. The van der Waals surface area contributed by atoms with E-state index in [9.17, 15) is 13.5 Å². The van der Waals surface area contributed by atoms with Crippen LogP contribution in [-0.4, -0.2) is 49.6 Å². The van der Waals surface area contributed by atoms with Crippen molar-refractivity contribution in [2.45, 2.75) is 26.0 Å². The van der Waals surface area contributed by atoms with Crippen LogP contribution in [-0.2, 0) is 9.84 Å². The largest absolute Gasteiger partial charge is 0.387 e. The molecular weight excluding hydrogens is 298 g/mol. The van der Waals surface area contributed by atoms with Crippen LogP contribution in [0.15, 0.2) is 24.3 Å². The van der Waals surface area contributed by atoms with Gasteiger partial charge in [-0.05, 0) is 20.0 Å². The Morgan fingerprint density at radius 3 is 2.50 bits per heavy atom. The Morgan fingerprint density at radius 1 is 1.35 bits per heavy atom. The zero-order valence-electron chi connectivity index (χ0n) is 12.1. The van der Waals surface area contributed by atoms with Gasteiger partial charge in [0.15, 0.2) is 9.84 Å². The van der Waals surface area contributed by atoms with Gasteiger partial charge in [0.1, 0.15) is 0 Å². The Kier molecular flexibility index (Phi) is 6.45. The SMILES string of the molecule is CCS(=O)(=O)CC(C)N(C)CC(O)c1ccccc1Cl. The highest BCUT2D eigenvalue weighted by Crippen LogP contribution is 2.23. The minimum atomic E-state index is -3.02. The normalized spacial score (nSPS) is 15.3. The van der Waals surface area contributed by atoms with Gasteiger partial charge in [-0.25, -0.2) is 8.42 Å². The molecule has 114 valence electrons. The summed E-state index contributed by atoms with van der Waals surface area (Å²) < 4.78 is 23.2. The number of aliphatic hydroxyl groups is 1. The maximum absolute atomic E-state index is 11.6. The lowest BCUT2D eigenvalue weighted by Crippen LogP contribution is -2.38. The second-order valence-corrected chi connectivity index (χ2v) is 7.83. The van der Waals surface area contributed by atoms with Gasteiger partial charge in [-0.3, -0.25) is 4.90 Å². The average Bonchev–Trinajstić information content (AvgIpc) is 2.38. The molecule has 0 aliphatic carbocycles. The molecule has 0 spiro atoms. The number of nitrogens with zero attached hydrogens (tertiary/aromatic N) is 1. The van der Waals surface area contributed by atoms with Crippen molar-refractivity contribution >= 4 is 21.4 Å². The van der Waals surface area contributed by atoms with Gasteiger partial charge >= 0.3 is 0 Å². The predicted molar refractivity (Wildman–Crippen MR) is 82.8 cm³/mol. The van der Waals surface area contributed by atoms with Crippen molar-refractivity contribution < 1.29 is 13.5 Å². The van der Waals surface area contributed by atoms with Crippen LogP contribution < -0.4 is 0 Å². The average molecular weight is 320 g/mol. The Hall–Kier alpha value is -0.620. The molecule has 0 saturated carbocycles. The number of benzene rings is 1. The van der Waals surface area contributed by atoms with E-state index in [0.29, 0.717) is 17.1 Å². The van der Waals surface area contributed by atoms with Gasteiger partial charge in [-0.2, -0.15) is 0 Å². The maximum Gasteiger partial charge on any atom is 0.151 e. The van der Waals surface area contributed by atoms with Crippen molar-refractivity contribution in [2.24, 2.45) is 0 Å². The second kappa shape index (κ2) is 7.41. The van der Waals surface area contributed by atoms with E-state index in [1.165, 1.54) is 0 Å². The highest BCUT2D eigenvalue weighted by molar-refractivity contribution is 7.91. The predicted octanol–water partition coefficient (Wildman–Crippen LogP) is 2.13. The molecular formula is C14H22ClNO3S. The number of likely N-dealkylation sites (N-methyl/N-ethyl adjacent to an activating group) is 1. The molecule has 4 nitrogen and oxygen atoms in total. The van der Waals surface area contributed by atoms with Crippen LogP contribution in [0.4, 0.5) is 0 Å². The van der Waals surface area contributed by atoms with Crippen LogP contribution in [0.1, 0.15) is 25.5 Å². The van der Waals surface area contributed by atoms with Crippen molar-refractivity contribution in [3.05, 3.63) is 34.9 Å². The molecule has 0 bridgehead atoms. The van der Waals surface area contributed by atoms with Crippen LogP contribution in [0.3, 0.4) is 0 Å². The molecule has 0 aliphatic heterocycles. The Labute approximate surface area is 126 Å². The van der Waals surface area contributed by atoms with E-state index in [1.807, 2.05) is 17.9 Å². The first-order valence-electron chi connectivity index (χ1n) is 6.60. The molecule has 2 atom stereocenters. The van der Waals surface area contributed by atoms with E-state index in [4.69, 9.17) is 11.6 Å². The lowest BCUT2D eigenvalue weighted by molar-refractivity contribution is 0.113. The molecule has 2 unspecified atom stereocenters. The Bertz CT molecular complexity index is 533. The number of sulfone groups is 1. The summed E-state index contributed by atoms with van der Waals surface area (Å²) in [4.78, 5) is 1.83. The van der Waals surface area contributed by atoms with Gasteiger partial charge in [-0.15, -0.1) is 0 Å². The third-order valence-corrected chi connectivity index (χ3v) is 5.63. The van der Waals surface area contributed by atoms with Gasteiger partial charge in [-0.1, -0.05) is 36.7 Å². The summed E-state index contributed by atoms with van der Waals surface area (Å²) in [5.41, 5.74) is 0.659. The van der Waals surface area contributed by atoms with E-state index >= 15 is 0 Å². The summed E-state index contributed by atoms with van der Waals surface area (Å²) in [5, 5.41) is 10.7. The van der Waals surface area contributed by atoms with Crippen LogP contribution in [0.25, 0.3) is 0 Å². The van der Waals surface area contributed by atoms with Crippen molar-refractivity contribution in [1.82, 2.24) is 4.90 Å². The number of hydrogen-bond donors (Lipinski definition) is 1. The molecule has 1 N–H and O–H groups in total. The van der Waals surface area contributed by atoms with Gasteiger partial charge in [0.25, 0.3) is 0 Å². The topological polar surface area (TPSA) is 57.6 Å². The van der Waals surface area contributed by atoms with E-state index in [2.05, 4.69) is 0 Å². The quantitative estimate of drug-likeness (QED) is 0.836.